The van der Waals surface area contributed by atoms with Crippen LogP contribution in [0.1, 0.15) is 44.5 Å². The van der Waals surface area contributed by atoms with Crippen molar-refractivity contribution in [2.45, 2.75) is 6.18 Å². The molecule has 2 heterocycles. The van der Waals surface area contributed by atoms with Crippen molar-refractivity contribution >= 4 is 43.6 Å². The van der Waals surface area contributed by atoms with Crippen LogP contribution in [0, 0.1) is 79.3 Å². The van der Waals surface area contributed by atoms with Gasteiger partial charge in [-0.05, 0) is 102 Å². The first-order chi connectivity index (χ1) is 33.0. The quantitative estimate of drug-likeness (QED) is 0.165. The number of nitrogens with zero attached hydrogens (tertiary/aromatic N) is 9. The van der Waals surface area contributed by atoms with E-state index in [9.17, 15) is 36.8 Å². The Labute approximate surface area is 384 Å². The van der Waals surface area contributed by atoms with Gasteiger partial charge in [-0.3, -0.25) is 0 Å². The van der Waals surface area contributed by atoms with Crippen LogP contribution in [0.25, 0.3) is 88.4 Å². The Balaban J connectivity index is 1.27. The van der Waals surface area contributed by atoms with E-state index >= 15 is 13.2 Å². The number of nitriles is 7. The number of halogens is 3. The van der Waals surface area contributed by atoms with Gasteiger partial charge in [-0.15, -0.1) is 0 Å². The first-order valence-electron chi connectivity index (χ1n) is 20.6. The zero-order valence-corrected chi connectivity index (χ0v) is 35.0. The number of benzene rings is 8. The summed E-state index contributed by atoms with van der Waals surface area (Å²) in [5.74, 6) is 0. The third-order valence-electron chi connectivity index (χ3n) is 12.2. The van der Waals surface area contributed by atoms with E-state index in [1.807, 2.05) is 53.1 Å². The molecular formula is C56H24F3N9. The number of alkyl halides is 3. The van der Waals surface area contributed by atoms with Gasteiger partial charge in [0.05, 0.1) is 120 Å². The van der Waals surface area contributed by atoms with Gasteiger partial charge in [-0.1, -0.05) is 54.6 Å². The molecule has 0 atom stereocenters. The van der Waals surface area contributed by atoms with Crippen LogP contribution in [0.2, 0.25) is 0 Å². The fourth-order valence-corrected chi connectivity index (χ4v) is 9.41. The Morgan fingerprint density at radius 3 is 1.24 bits per heavy atom. The van der Waals surface area contributed by atoms with Crippen LogP contribution >= 0.6 is 0 Å². The second-order valence-corrected chi connectivity index (χ2v) is 15.8. The maximum absolute atomic E-state index is 15.7. The van der Waals surface area contributed by atoms with Gasteiger partial charge in [0.25, 0.3) is 0 Å². The van der Waals surface area contributed by atoms with Crippen molar-refractivity contribution in [3.05, 3.63) is 190 Å². The Morgan fingerprint density at radius 2 is 0.794 bits per heavy atom. The topological polar surface area (TPSA) is 176 Å². The van der Waals surface area contributed by atoms with Crippen LogP contribution in [0.15, 0.2) is 146 Å². The summed E-state index contributed by atoms with van der Waals surface area (Å²) in [6.07, 6.45) is -4.89. The minimum atomic E-state index is -4.89. The molecule has 0 saturated heterocycles. The van der Waals surface area contributed by atoms with Gasteiger partial charge in [-0.25, -0.2) is 0 Å². The number of rotatable bonds is 5. The van der Waals surface area contributed by atoms with Crippen molar-refractivity contribution in [3.63, 3.8) is 0 Å². The largest absolute Gasteiger partial charge is 0.417 e. The zero-order chi connectivity index (χ0) is 47.4. The van der Waals surface area contributed by atoms with Crippen molar-refractivity contribution < 1.29 is 13.2 Å². The maximum atomic E-state index is 15.7. The van der Waals surface area contributed by atoms with E-state index in [-0.39, 0.29) is 55.8 Å². The number of hydrogen-bond acceptors (Lipinski definition) is 7. The molecule has 9 nitrogen and oxygen atoms in total. The zero-order valence-electron chi connectivity index (χ0n) is 35.0. The van der Waals surface area contributed by atoms with Crippen LogP contribution in [-0.4, -0.2) is 9.13 Å². The molecule has 8 aromatic carbocycles. The summed E-state index contributed by atoms with van der Waals surface area (Å²) in [4.78, 5) is 0. The second kappa shape index (κ2) is 16.0. The second-order valence-electron chi connectivity index (χ2n) is 15.8. The van der Waals surface area contributed by atoms with E-state index in [4.69, 9.17) is 0 Å². The molecule has 0 aliphatic heterocycles. The monoisotopic (exact) mass is 879 g/mol. The number of fused-ring (bicyclic) bond motifs is 6. The van der Waals surface area contributed by atoms with E-state index in [0.717, 1.165) is 6.07 Å². The molecule has 0 aliphatic carbocycles. The number of aromatic nitrogens is 2. The highest BCUT2D eigenvalue weighted by molar-refractivity contribution is 6.13. The van der Waals surface area contributed by atoms with Crippen LogP contribution < -0.4 is 0 Å². The van der Waals surface area contributed by atoms with E-state index in [0.29, 0.717) is 71.6 Å². The van der Waals surface area contributed by atoms with E-state index in [1.54, 1.807) is 71.3 Å². The van der Waals surface area contributed by atoms with E-state index in [1.165, 1.54) is 36.4 Å². The molecule has 0 radical (unpaired) electrons. The summed E-state index contributed by atoms with van der Waals surface area (Å²) < 4.78 is 50.8. The van der Waals surface area contributed by atoms with Gasteiger partial charge in [-0.2, -0.15) is 50.0 Å². The average molecular weight is 880 g/mol. The predicted molar refractivity (Wildman–Crippen MR) is 249 cm³/mol. The Bertz CT molecular complexity index is 4110. The lowest BCUT2D eigenvalue weighted by molar-refractivity contribution is -0.137. The summed E-state index contributed by atoms with van der Waals surface area (Å²) >= 11 is 0. The number of hydrogen-bond donors (Lipinski definition) is 0. The highest BCUT2D eigenvalue weighted by atomic mass is 19.4. The summed E-state index contributed by atoms with van der Waals surface area (Å²) in [5, 5.41) is 72.7. The molecule has 12 heteroatoms. The maximum Gasteiger partial charge on any atom is 0.417 e. The molecule has 0 fully saturated rings. The molecule has 0 amide bonds. The molecule has 0 spiro atoms. The molecule has 10 rings (SSSR count). The molecule has 0 N–H and O–H groups in total. The van der Waals surface area contributed by atoms with Crippen LogP contribution in [0.4, 0.5) is 13.2 Å². The molecule has 2 aromatic heterocycles. The van der Waals surface area contributed by atoms with Gasteiger partial charge in [0.1, 0.15) is 0 Å². The molecule has 0 aliphatic rings. The lowest BCUT2D eigenvalue weighted by Crippen LogP contribution is -2.11. The smallest absolute Gasteiger partial charge is 0.309 e. The minimum Gasteiger partial charge on any atom is -0.309 e. The standard InChI is InChI=1S/C56H24F3N9/c57-56(58,59)46-8-5-11-52(68-48-10-4-2-7-42(48)44-24-36(14-17-50(44)68)54-39(30-65)20-34(27-62)21-40(54)31-66)55(46)45-22-32(25-60)12-15-51(45)67-47-9-3-1-6-41(47)43-23-35(13-16-49(43)67)53-37(28-63)18-33(26-61)19-38(53)29-64/h1-24H. The molecule has 68 heavy (non-hydrogen) atoms. The highest BCUT2D eigenvalue weighted by Crippen LogP contribution is 2.47. The summed E-state index contributed by atoms with van der Waals surface area (Å²) in [7, 11) is 0. The van der Waals surface area contributed by atoms with Crippen LogP contribution in [-0.2, 0) is 6.18 Å². The highest BCUT2D eigenvalue weighted by Gasteiger charge is 2.37. The molecule has 314 valence electrons. The van der Waals surface area contributed by atoms with Crippen molar-refractivity contribution in [2.24, 2.45) is 0 Å². The normalized spacial score (nSPS) is 11.1. The van der Waals surface area contributed by atoms with Gasteiger partial charge < -0.3 is 9.13 Å². The fraction of sp³-hybridized carbons (Fsp3) is 0.0179. The minimum absolute atomic E-state index is 0.0989. The average Bonchev–Trinajstić information content (AvgIpc) is 3.88. The molecule has 0 saturated carbocycles. The third-order valence-corrected chi connectivity index (χ3v) is 12.2. The molecule has 10 aromatic rings. The lowest BCUT2D eigenvalue weighted by atomic mass is 9.92. The first kappa shape index (κ1) is 41.6. The molecular weight excluding hydrogens is 856 g/mol. The molecule has 0 bridgehead atoms. The van der Waals surface area contributed by atoms with E-state index < -0.39 is 11.7 Å². The molecule has 0 unspecified atom stereocenters. The predicted octanol–water partition coefficient (Wildman–Crippen LogP) is 13.0. The Morgan fingerprint density at radius 1 is 0.353 bits per heavy atom. The Hall–Kier alpha value is -10.4. The summed E-state index contributed by atoms with van der Waals surface area (Å²) in [5.41, 5.74) is 4.25. The lowest BCUT2D eigenvalue weighted by Gasteiger charge is -2.22. The van der Waals surface area contributed by atoms with Crippen LogP contribution in [0.5, 0.6) is 0 Å². The summed E-state index contributed by atoms with van der Waals surface area (Å²) in [6, 6.07) is 53.9. The van der Waals surface area contributed by atoms with Crippen molar-refractivity contribution in [1.29, 1.82) is 36.8 Å². The number of para-hydroxylation sites is 2. The van der Waals surface area contributed by atoms with Crippen molar-refractivity contribution in [1.82, 2.24) is 9.13 Å². The van der Waals surface area contributed by atoms with E-state index in [2.05, 4.69) is 30.3 Å². The van der Waals surface area contributed by atoms with Crippen molar-refractivity contribution in [3.8, 4) is 87.2 Å². The first-order valence-corrected chi connectivity index (χ1v) is 20.6. The van der Waals surface area contributed by atoms with Gasteiger partial charge in [0.15, 0.2) is 0 Å². The van der Waals surface area contributed by atoms with Gasteiger partial charge in [0.2, 0.25) is 0 Å². The summed E-state index contributed by atoms with van der Waals surface area (Å²) in [6.45, 7) is 0. The van der Waals surface area contributed by atoms with Crippen LogP contribution in [0.3, 0.4) is 0 Å². The Kier molecular flexibility index (Phi) is 9.77. The van der Waals surface area contributed by atoms with Gasteiger partial charge >= 0.3 is 6.18 Å². The SMILES string of the molecule is N#Cc1cc(C#N)c(-c2ccc3c(c2)c2ccccc2n3-c2ccc(C#N)cc2-c2c(-n3c4ccccc4c4cc(-c5c(C#N)cc(C#N)cc5C#N)ccc43)cccc2C(F)(F)F)c(C#N)c1. The van der Waals surface area contributed by atoms with Crippen molar-refractivity contribution in [2.75, 3.05) is 0 Å². The fourth-order valence-electron chi connectivity index (χ4n) is 9.41. The van der Waals surface area contributed by atoms with Gasteiger partial charge in [0, 0.05) is 43.8 Å². The third kappa shape index (κ3) is 6.42.